The van der Waals surface area contributed by atoms with Crippen LogP contribution in [0, 0.1) is 0 Å². The molecule has 0 aliphatic carbocycles. The fourth-order valence-corrected chi connectivity index (χ4v) is 3.29. The Balaban J connectivity index is 0.00000243. The highest BCUT2D eigenvalue weighted by Crippen LogP contribution is 2.08. The molecule has 3 N–H and O–H groups in total. The Bertz CT molecular complexity index is 783. The average Bonchev–Trinajstić information content (AvgIpc) is 3.28. The molecular formula is C19H24IN5S. The summed E-state index contributed by atoms with van der Waals surface area (Å²) in [5, 5.41) is 5.25. The van der Waals surface area contributed by atoms with Crippen LogP contribution in [0.15, 0.2) is 65.2 Å². The minimum Gasteiger partial charge on any atom is -0.370 e. The molecule has 2 heterocycles. The van der Waals surface area contributed by atoms with Gasteiger partial charge in [0, 0.05) is 49.7 Å². The van der Waals surface area contributed by atoms with Crippen molar-refractivity contribution in [3.05, 3.63) is 76.5 Å². The van der Waals surface area contributed by atoms with Crippen molar-refractivity contribution in [3.8, 4) is 0 Å². The van der Waals surface area contributed by atoms with Gasteiger partial charge in [-0.15, -0.1) is 35.3 Å². The van der Waals surface area contributed by atoms with Crippen molar-refractivity contribution in [1.82, 2.24) is 14.9 Å². The van der Waals surface area contributed by atoms with Crippen molar-refractivity contribution in [2.75, 3.05) is 13.1 Å². The number of aliphatic imine (C=N–C) groups is 1. The van der Waals surface area contributed by atoms with Crippen LogP contribution in [0.2, 0.25) is 0 Å². The normalized spacial score (nSPS) is 11.2. The van der Waals surface area contributed by atoms with Gasteiger partial charge in [0.15, 0.2) is 5.96 Å². The second kappa shape index (κ2) is 11.0. The summed E-state index contributed by atoms with van der Waals surface area (Å²) in [6.07, 6.45) is 5.60. The van der Waals surface area contributed by atoms with Crippen LogP contribution >= 0.6 is 35.3 Å². The summed E-state index contributed by atoms with van der Waals surface area (Å²) in [7, 11) is 0. The van der Waals surface area contributed by atoms with E-state index in [1.165, 1.54) is 10.4 Å². The van der Waals surface area contributed by atoms with Crippen LogP contribution in [-0.2, 0) is 19.4 Å². The highest BCUT2D eigenvalue weighted by Gasteiger charge is 2.04. The van der Waals surface area contributed by atoms with E-state index in [0.29, 0.717) is 12.5 Å². The standard InChI is InChI=1S/C19H23N5S.HI/c20-19(22-10-8-17-7-4-14-25-17)23-11-9-18-21-12-13-24(18)15-16-5-2-1-3-6-16;/h1-7,12-14H,8-11,15H2,(H3,20,22,23);1H. The molecule has 0 unspecified atom stereocenters. The van der Waals surface area contributed by atoms with Gasteiger partial charge in [0.1, 0.15) is 5.82 Å². The van der Waals surface area contributed by atoms with E-state index in [9.17, 15) is 0 Å². The van der Waals surface area contributed by atoms with Crippen molar-refractivity contribution in [1.29, 1.82) is 0 Å². The first-order valence-corrected chi connectivity index (χ1v) is 9.29. The van der Waals surface area contributed by atoms with Gasteiger partial charge in [0.25, 0.3) is 0 Å². The highest BCUT2D eigenvalue weighted by molar-refractivity contribution is 14.0. The maximum absolute atomic E-state index is 5.93. The van der Waals surface area contributed by atoms with Crippen LogP contribution in [0.25, 0.3) is 0 Å². The summed E-state index contributed by atoms with van der Waals surface area (Å²) in [6.45, 7) is 2.27. The van der Waals surface area contributed by atoms with Gasteiger partial charge in [-0.3, -0.25) is 4.99 Å². The lowest BCUT2D eigenvalue weighted by Crippen LogP contribution is -2.33. The molecule has 7 heteroatoms. The van der Waals surface area contributed by atoms with Gasteiger partial charge in [-0.25, -0.2) is 4.98 Å². The van der Waals surface area contributed by atoms with E-state index in [2.05, 4.69) is 61.6 Å². The molecule has 0 atom stereocenters. The van der Waals surface area contributed by atoms with Gasteiger partial charge in [-0.1, -0.05) is 36.4 Å². The molecule has 1 aromatic carbocycles. The molecule has 0 amide bonds. The Morgan fingerprint density at radius 3 is 2.77 bits per heavy atom. The van der Waals surface area contributed by atoms with Gasteiger partial charge in [0.05, 0.1) is 0 Å². The summed E-state index contributed by atoms with van der Waals surface area (Å²) in [4.78, 5) is 10.2. The number of thiophene rings is 1. The van der Waals surface area contributed by atoms with E-state index in [1.807, 2.05) is 18.5 Å². The molecule has 0 bridgehead atoms. The van der Waals surface area contributed by atoms with Gasteiger partial charge < -0.3 is 15.6 Å². The maximum atomic E-state index is 5.93. The fraction of sp³-hybridized carbons (Fsp3) is 0.263. The number of guanidine groups is 1. The number of nitrogens with one attached hydrogen (secondary N) is 1. The summed E-state index contributed by atoms with van der Waals surface area (Å²) < 4.78 is 2.17. The third kappa shape index (κ3) is 6.45. The molecule has 3 rings (SSSR count). The summed E-state index contributed by atoms with van der Waals surface area (Å²) >= 11 is 1.75. The SMILES string of the molecule is I.NC(=NCCc1cccs1)NCCc1nccn1Cc1ccccc1. The first kappa shape index (κ1) is 20.4. The summed E-state index contributed by atoms with van der Waals surface area (Å²) in [5.74, 6) is 1.54. The number of hydrogen-bond acceptors (Lipinski definition) is 3. The quantitative estimate of drug-likeness (QED) is 0.295. The lowest BCUT2D eigenvalue weighted by atomic mass is 10.2. The molecule has 26 heavy (non-hydrogen) atoms. The number of halogens is 1. The minimum atomic E-state index is 0. The Hall–Kier alpha value is -1.87. The number of aromatic nitrogens is 2. The summed E-state index contributed by atoms with van der Waals surface area (Å²) in [6, 6.07) is 14.6. The Kier molecular flexibility index (Phi) is 8.63. The predicted octanol–water partition coefficient (Wildman–Crippen LogP) is 3.30. The Morgan fingerprint density at radius 1 is 1.15 bits per heavy atom. The van der Waals surface area contributed by atoms with E-state index >= 15 is 0 Å². The number of hydrogen-bond donors (Lipinski definition) is 2. The molecule has 0 aliphatic heterocycles. The number of rotatable bonds is 8. The largest absolute Gasteiger partial charge is 0.370 e. The second-order valence-electron chi connectivity index (χ2n) is 5.73. The zero-order chi connectivity index (χ0) is 17.3. The van der Waals surface area contributed by atoms with Crippen LogP contribution in [0.4, 0.5) is 0 Å². The first-order valence-electron chi connectivity index (χ1n) is 8.41. The minimum absolute atomic E-state index is 0. The highest BCUT2D eigenvalue weighted by atomic mass is 127. The van der Waals surface area contributed by atoms with E-state index < -0.39 is 0 Å². The van der Waals surface area contributed by atoms with Crippen molar-refractivity contribution in [2.24, 2.45) is 10.7 Å². The van der Waals surface area contributed by atoms with E-state index in [-0.39, 0.29) is 24.0 Å². The lowest BCUT2D eigenvalue weighted by molar-refractivity contribution is 0.700. The number of imidazole rings is 1. The molecule has 0 saturated heterocycles. The maximum Gasteiger partial charge on any atom is 0.188 e. The van der Waals surface area contributed by atoms with Crippen LogP contribution in [0.1, 0.15) is 16.3 Å². The molecule has 3 aromatic rings. The average molecular weight is 481 g/mol. The van der Waals surface area contributed by atoms with Crippen molar-refractivity contribution in [3.63, 3.8) is 0 Å². The molecule has 0 saturated carbocycles. The third-order valence-corrected chi connectivity index (χ3v) is 4.81. The second-order valence-corrected chi connectivity index (χ2v) is 6.76. The Labute approximate surface area is 175 Å². The van der Waals surface area contributed by atoms with Crippen LogP contribution < -0.4 is 11.1 Å². The van der Waals surface area contributed by atoms with Crippen LogP contribution in [-0.4, -0.2) is 28.6 Å². The Morgan fingerprint density at radius 2 is 2.00 bits per heavy atom. The predicted molar refractivity (Wildman–Crippen MR) is 119 cm³/mol. The molecule has 138 valence electrons. The topological polar surface area (TPSA) is 68.2 Å². The third-order valence-electron chi connectivity index (χ3n) is 3.87. The van der Waals surface area contributed by atoms with Crippen molar-refractivity contribution in [2.45, 2.75) is 19.4 Å². The van der Waals surface area contributed by atoms with E-state index in [1.54, 1.807) is 11.3 Å². The van der Waals surface area contributed by atoms with Gasteiger partial charge in [-0.2, -0.15) is 0 Å². The molecule has 5 nitrogen and oxygen atoms in total. The number of nitrogens with zero attached hydrogens (tertiary/aromatic N) is 3. The first-order chi connectivity index (χ1) is 12.3. The van der Waals surface area contributed by atoms with E-state index in [0.717, 1.165) is 31.8 Å². The molecule has 0 radical (unpaired) electrons. The molecular weight excluding hydrogens is 457 g/mol. The monoisotopic (exact) mass is 481 g/mol. The zero-order valence-electron chi connectivity index (χ0n) is 14.5. The number of nitrogens with two attached hydrogens (primary N) is 1. The smallest absolute Gasteiger partial charge is 0.188 e. The fourth-order valence-electron chi connectivity index (χ4n) is 2.59. The van der Waals surface area contributed by atoms with Crippen LogP contribution in [0.5, 0.6) is 0 Å². The zero-order valence-corrected chi connectivity index (χ0v) is 17.7. The van der Waals surface area contributed by atoms with E-state index in [4.69, 9.17) is 5.73 Å². The van der Waals surface area contributed by atoms with Crippen LogP contribution in [0.3, 0.4) is 0 Å². The lowest BCUT2D eigenvalue weighted by Gasteiger charge is -2.09. The number of benzene rings is 1. The summed E-state index contributed by atoms with van der Waals surface area (Å²) in [5.41, 5.74) is 7.20. The van der Waals surface area contributed by atoms with Gasteiger partial charge >= 0.3 is 0 Å². The molecule has 0 spiro atoms. The van der Waals surface area contributed by atoms with Gasteiger partial charge in [-0.05, 0) is 17.0 Å². The molecule has 0 aliphatic rings. The van der Waals surface area contributed by atoms with Crippen molar-refractivity contribution < 1.29 is 0 Å². The van der Waals surface area contributed by atoms with Gasteiger partial charge in [0.2, 0.25) is 0 Å². The van der Waals surface area contributed by atoms with Crippen molar-refractivity contribution >= 4 is 41.3 Å². The molecule has 0 fully saturated rings. The molecule has 2 aromatic heterocycles.